The van der Waals surface area contributed by atoms with Crippen molar-refractivity contribution in [2.45, 2.75) is 57.6 Å². The molecule has 0 radical (unpaired) electrons. The molecule has 1 saturated heterocycles. The highest BCUT2D eigenvalue weighted by molar-refractivity contribution is 8.26. The van der Waals surface area contributed by atoms with Crippen LogP contribution in [0.25, 0.3) is 6.08 Å². The molecular formula is C20H23NO4S2. The van der Waals surface area contributed by atoms with Gasteiger partial charge in [0, 0.05) is 6.04 Å². The number of thiocarbonyl (C=S) groups is 1. The van der Waals surface area contributed by atoms with E-state index in [4.69, 9.17) is 22.1 Å². The summed E-state index contributed by atoms with van der Waals surface area (Å²) in [5.74, 6) is -0.544. The third kappa shape index (κ3) is 4.71. The molecule has 1 heterocycles. The summed E-state index contributed by atoms with van der Waals surface area (Å²) < 4.78 is 6.17. The molecule has 1 N–H and O–H groups in total. The van der Waals surface area contributed by atoms with Crippen LogP contribution in [0.5, 0.6) is 5.75 Å². The van der Waals surface area contributed by atoms with Gasteiger partial charge in [-0.1, -0.05) is 62.3 Å². The number of carboxylic acid groups (broad SMARTS) is 1. The Morgan fingerprint density at radius 2 is 2.15 bits per heavy atom. The molecule has 1 aliphatic carbocycles. The van der Waals surface area contributed by atoms with Gasteiger partial charge < -0.3 is 9.84 Å². The molecule has 1 saturated carbocycles. The molecule has 5 nitrogen and oxygen atoms in total. The van der Waals surface area contributed by atoms with Crippen molar-refractivity contribution in [3.63, 3.8) is 0 Å². The number of amides is 1. The van der Waals surface area contributed by atoms with Crippen LogP contribution in [-0.2, 0) is 9.59 Å². The fourth-order valence-corrected chi connectivity index (χ4v) is 4.84. The van der Waals surface area contributed by atoms with Gasteiger partial charge in [-0.15, -0.1) is 0 Å². The number of aliphatic carboxylic acids is 1. The molecule has 2 aliphatic rings. The predicted molar refractivity (Wildman–Crippen MR) is 111 cm³/mol. The lowest BCUT2D eigenvalue weighted by Gasteiger charge is -2.29. The summed E-state index contributed by atoms with van der Waals surface area (Å²) in [6.07, 6.45) is 6.82. The first kappa shape index (κ1) is 19.9. The number of nitrogens with zero attached hydrogens (tertiary/aromatic N) is 1. The lowest BCUT2D eigenvalue weighted by Crippen LogP contribution is -2.39. The highest BCUT2D eigenvalue weighted by Crippen LogP contribution is 2.37. The van der Waals surface area contributed by atoms with E-state index in [1.165, 1.54) is 18.2 Å². The predicted octanol–water partition coefficient (Wildman–Crippen LogP) is 4.46. The molecule has 7 heteroatoms. The largest absolute Gasteiger partial charge is 0.479 e. The van der Waals surface area contributed by atoms with Crippen molar-refractivity contribution in [3.8, 4) is 5.75 Å². The Kier molecular flexibility index (Phi) is 6.55. The van der Waals surface area contributed by atoms with E-state index in [1.807, 2.05) is 6.07 Å². The first-order chi connectivity index (χ1) is 13.0. The van der Waals surface area contributed by atoms with Crippen LogP contribution in [0.2, 0.25) is 0 Å². The first-order valence-corrected chi connectivity index (χ1v) is 10.5. The standard InChI is InChI=1S/C20H23NO4S2/c1-2-16(19(23)24)25-15-10-6-7-13(11-15)12-17-18(22)21(20(26)27-17)14-8-4-3-5-9-14/h6-7,10-12,14,16H,2-5,8-9H2,1H3,(H,23,24)/b17-12+. The van der Waals surface area contributed by atoms with Gasteiger partial charge in [0.05, 0.1) is 4.91 Å². The number of benzene rings is 1. The fourth-order valence-electron chi connectivity index (χ4n) is 3.44. The average molecular weight is 406 g/mol. The van der Waals surface area contributed by atoms with E-state index in [0.717, 1.165) is 31.2 Å². The highest BCUT2D eigenvalue weighted by Gasteiger charge is 2.37. The van der Waals surface area contributed by atoms with E-state index in [0.29, 0.717) is 21.4 Å². The van der Waals surface area contributed by atoms with Gasteiger partial charge in [0.1, 0.15) is 10.1 Å². The van der Waals surface area contributed by atoms with E-state index in [-0.39, 0.29) is 11.9 Å². The lowest BCUT2D eigenvalue weighted by atomic mass is 9.94. The molecule has 1 aliphatic heterocycles. The average Bonchev–Trinajstić information content (AvgIpc) is 2.93. The maximum Gasteiger partial charge on any atom is 0.344 e. The van der Waals surface area contributed by atoms with E-state index in [9.17, 15) is 9.59 Å². The second-order valence-electron chi connectivity index (χ2n) is 6.77. The lowest BCUT2D eigenvalue weighted by molar-refractivity contribution is -0.145. The van der Waals surface area contributed by atoms with Crippen molar-refractivity contribution in [3.05, 3.63) is 34.7 Å². The van der Waals surface area contributed by atoms with Crippen LogP contribution in [0, 0.1) is 0 Å². The van der Waals surface area contributed by atoms with E-state index in [2.05, 4.69) is 0 Å². The number of hydrogen-bond acceptors (Lipinski definition) is 5. The van der Waals surface area contributed by atoms with Crippen LogP contribution in [0.3, 0.4) is 0 Å². The minimum atomic E-state index is -0.990. The SMILES string of the molecule is CCC(Oc1cccc(/C=C2/SC(=S)N(C3CCCCC3)C2=O)c1)C(=O)O. The van der Waals surface area contributed by atoms with Crippen LogP contribution in [0.4, 0.5) is 0 Å². The maximum atomic E-state index is 12.9. The quantitative estimate of drug-likeness (QED) is 0.557. The number of hydrogen-bond donors (Lipinski definition) is 1. The van der Waals surface area contributed by atoms with Crippen molar-refractivity contribution in [1.29, 1.82) is 0 Å². The third-order valence-electron chi connectivity index (χ3n) is 4.84. The second kappa shape index (κ2) is 8.89. The number of rotatable bonds is 6. The van der Waals surface area contributed by atoms with Crippen molar-refractivity contribution < 1.29 is 19.4 Å². The summed E-state index contributed by atoms with van der Waals surface area (Å²) in [6.45, 7) is 1.76. The molecule has 1 aromatic carbocycles. The van der Waals surface area contributed by atoms with E-state index < -0.39 is 12.1 Å². The molecule has 144 valence electrons. The van der Waals surface area contributed by atoms with Crippen LogP contribution in [0.1, 0.15) is 51.0 Å². The van der Waals surface area contributed by atoms with Crippen molar-refractivity contribution in [2.24, 2.45) is 0 Å². The Bertz CT molecular complexity index is 771. The number of carboxylic acids is 1. The summed E-state index contributed by atoms with van der Waals surface area (Å²) in [5.41, 5.74) is 0.789. The maximum absolute atomic E-state index is 12.9. The summed E-state index contributed by atoms with van der Waals surface area (Å²) in [5, 5.41) is 9.15. The second-order valence-corrected chi connectivity index (χ2v) is 8.44. The smallest absolute Gasteiger partial charge is 0.344 e. The summed E-state index contributed by atoms with van der Waals surface area (Å²) in [6, 6.07) is 7.33. The van der Waals surface area contributed by atoms with Gasteiger partial charge in [-0.05, 0) is 43.0 Å². The molecule has 0 aromatic heterocycles. The van der Waals surface area contributed by atoms with Gasteiger partial charge in [0.15, 0.2) is 6.10 Å². The number of carbonyl (C=O) groups excluding carboxylic acids is 1. The monoisotopic (exact) mass is 405 g/mol. The fraction of sp³-hybridized carbons (Fsp3) is 0.450. The molecule has 0 spiro atoms. The number of thioether (sulfide) groups is 1. The minimum absolute atomic E-state index is 0.0276. The zero-order valence-corrected chi connectivity index (χ0v) is 16.9. The normalized spacial score (nSPS) is 20.9. The molecule has 27 heavy (non-hydrogen) atoms. The molecule has 1 aromatic rings. The van der Waals surface area contributed by atoms with Gasteiger partial charge in [-0.2, -0.15) is 0 Å². The zero-order chi connectivity index (χ0) is 19.4. The summed E-state index contributed by atoms with van der Waals surface area (Å²) in [4.78, 5) is 26.4. The minimum Gasteiger partial charge on any atom is -0.479 e. The molecular weight excluding hydrogens is 382 g/mol. The van der Waals surface area contributed by atoms with E-state index >= 15 is 0 Å². The Balaban J connectivity index is 1.76. The molecule has 1 atom stereocenters. The Morgan fingerprint density at radius 3 is 2.81 bits per heavy atom. The Morgan fingerprint density at radius 1 is 1.41 bits per heavy atom. The molecule has 2 fully saturated rings. The van der Waals surface area contributed by atoms with Gasteiger partial charge in [-0.25, -0.2) is 4.79 Å². The first-order valence-electron chi connectivity index (χ1n) is 9.26. The van der Waals surface area contributed by atoms with E-state index in [1.54, 1.807) is 36.1 Å². The number of carbonyl (C=O) groups is 2. The van der Waals surface area contributed by atoms with Crippen molar-refractivity contribution in [2.75, 3.05) is 0 Å². The van der Waals surface area contributed by atoms with Gasteiger partial charge in [0.2, 0.25) is 0 Å². The Labute approximate surface area is 168 Å². The Hall–Kier alpha value is -1.86. The summed E-state index contributed by atoms with van der Waals surface area (Å²) >= 11 is 6.79. The van der Waals surface area contributed by atoms with Crippen LogP contribution < -0.4 is 4.74 Å². The van der Waals surface area contributed by atoms with Gasteiger partial charge in [-0.3, -0.25) is 9.69 Å². The molecule has 1 amide bonds. The summed E-state index contributed by atoms with van der Waals surface area (Å²) in [7, 11) is 0. The van der Waals surface area contributed by atoms with Gasteiger partial charge >= 0.3 is 5.97 Å². The van der Waals surface area contributed by atoms with Crippen molar-refractivity contribution >= 4 is 46.3 Å². The van der Waals surface area contributed by atoms with Crippen molar-refractivity contribution in [1.82, 2.24) is 4.90 Å². The number of ether oxygens (including phenoxy) is 1. The topological polar surface area (TPSA) is 66.8 Å². The van der Waals surface area contributed by atoms with Crippen LogP contribution in [-0.4, -0.2) is 38.3 Å². The molecule has 0 bridgehead atoms. The zero-order valence-electron chi connectivity index (χ0n) is 15.2. The van der Waals surface area contributed by atoms with Crippen LogP contribution in [0.15, 0.2) is 29.2 Å². The van der Waals surface area contributed by atoms with Gasteiger partial charge in [0.25, 0.3) is 5.91 Å². The molecule has 3 rings (SSSR count). The molecule has 1 unspecified atom stereocenters. The highest BCUT2D eigenvalue weighted by atomic mass is 32.2. The van der Waals surface area contributed by atoms with Crippen LogP contribution >= 0.6 is 24.0 Å². The third-order valence-corrected chi connectivity index (χ3v) is 6.17.